The van der Waals surface area contributed by atoms with Gasteiger partial charge in [-0.05, 0) is 22.9 Å². The van der Waals surface area contributed by atoms with E-state index < -0.39 is 0 Å². The van der Waals surface area contributed by atoms with Crippen LogP contribution >= 0.6 is 0 Å². The van der Waals surface area contributed by atoms with Crippen molar-refractivity contribution in [3.8, 4) is 0 Å². The van der Waals surface area contributed by atoms with Crippen molar-refractivity contribution < 1.29 is 21.1 Å². The van der Waals surface area contributed by atoms with Crippen LogP contribution in [-0.2, 0) is 33.9 Å². The third kappa shape index (κ3) is 3.29. The molecule has 0 N–H and O–H groups in total. The second kappa shape index (κ2) is 8.46. The van der Waals surface area contributed by atoms with Crippen LogP contribution in [0.1, 0.15) is 11.6 Å². The molecule has 0 aliphatic carbocycles. The molecule has 0 radical (unpaired) electrons. The topological polar surface area (TPSA) is 60.4 Å². The molecule has 0 spiro atoms. The normalized spacial score (nSPS) is 11.8. The maximum atomic E-state index is 4.91. The molecule has 0 saturated heterocycles. The molecule has 8 aromatic rings. The predicted molar refractivity (Wildman–Crippen MR) is 141 cm³/mol. The third-order valence-electron chi connectivity index (χ3n) is 6.88. The Balaban J connectivity index is 0.00000231. The number of benzene rings is 4. The Bertz CT molecular complexity index is 1830. The first-order valence-corrected chi connectivity index (χ1v) is 12.0. The van der Waals surface area contributed by atoms with Gasteiger partial charge in [0.2, 0.25) is 0 Å². The summed E-state index contributed by atoms with van der Waals surface area (Å²) in [5, 5.41) is 16.3. The predicted octanol–water partition coefficient (Wildman–Crippen LogP) is 5.77. The summed E-state index contributed by atoms with van der Waals surface area (Å²) in [5.74, 6) is 1.54. The molecule has 4 heterocycles. The fourth-order valence-electron chi connectivity index (χ4n) is 5.27. The molecule has 0 fully saturated rings. The quantitative estimate of drug-likeness (QED) is 0.179. The van der Waals surface area contributed by atoms with Crippen molar-refractivity contribution in [3.05, 3.63) is 109 Å². The number of pyridine rings is 2. The Labute approximate surface area is 225 Å². The van der Waals surface area contributed by atoms with E-state index in [1.807, 2.05) is 45.4 Å². The van der Waals surface area contributed by atoms with Crippen LogP contribution in [0.2, 0.25) is 0 Å². The first-order valence-electron chi connectivity index (χ1n) is 12.0. The second-order valence-electron chi connectivity index (χ2n) is 8.98. The smallest absolute Gasteiger partial charge is 0.262 e. The van der Waals surface area contributed by atoms with Gasteiger partial charge in [-0.1, -0.05) is 57.9 Å². The zero-order valence-corrected chi connectivity index (χ0v) is 21.8. The van der Waals surface area contributed by atoms with Crippen LogP contribution in [0, 0.1) is 12.1 Å². The summed E-state index contributed by atoms with van der Waals surface area (Å²) in [6, 6.07) is 35.5. The van der Waals surface area contributed by atoms with Crippen molar-refractivity contribution in [2.75, 3.05) is 0 Å². The van der Waals surface area contributed by atoms with Crippen LogP contribution in [0.25, 0.3) is 54.6 Å². The van der Waals surface area contributed by atoms with Gasteiger partial charge in [0, 0.05) is 12.8 Å². The summed E-state index contributed by atoms with van der Waals surface area (Å²) in [6.07, 6.45) is 1.28. The molecule has 0 bridgehead atoms. The van der Waals surface area contributed by atoms with E-state index in [0.29, 0.717) is 12.8 Å². The van der Waals surface area contributed by atoms with Gasteiger partial charge in [0.1, 0.15) is 11.6 Å². The molecule has 0 saturated carbocycles. The summed E-state index contributed by atoms with van der Waals surface area (Å²) < 4.78 is 3.88. The van der Waals surface area contributed by atoms with Crippen LogP contribution in [0.4, 0.5) is 0 Å². The van der Waals surface area contributed by atoms with E-state index >= 15 is 0 Å². The molecule has 6 nitrogen and oxygen atoms in total. The van der Waals surface area contributed by atoms with E-state index in [9.17, 15) is 0 Å². The number of para-hydroxylation sites is 2. The average Bonchev–Trinajstić information content (AvgIpc) is 3.58. The van der Waals surface area contributed by atoms with Crippen molar-refractivity contribution in [1.82, 2.24) is 29.2 Å². The van der Waals surface area contributed by atoms with Crippen molar-refractivity contribution in [2.45, 2.75) is 12.8 Å². The van der Waals surface area contributed by atoms with Gasteiger partial charge >= 0.3 is 21.1 Å². The number of hydrogen-bond acceptors (Lipinski definition) is 4. The molecule has 4 aromatic carbocycles. The van der Waals surface area contributed by atoms with Crippen LogP contribution < -0.4 is 0 Å². The Hall–Kier alpha value is -4.15. The van der Waals surface area contributed by atoms with E-state index in [2.05, 4.69) is 60.7 Å². The first-order chi connectivity index (χ1) is 17.8. The van der Waals surface area contributed by atoms with Crippen molar-refractivity contribution >= 4 is 54.6 Å². The number of fused-ring (bicyclic) bond motifs is 12. The van der Waals surface area contributed by atoms with Crippen molar-refractivity contribution in [3.63, 3.8) is 0 Å². The Morgan fingerprint density at radius 2 is 0.973 bits per heavy atom. The molecule has 0 amide bonds. The minimum atomic E-state index is 0. The summed E-state index contributed by atoms with van der Waals surface area (Å²) in [7, 11) is 0. The summed E-state index contributed by atoms with van der Waals surface area (Å²) in [6.45, 7) is 0. The van der Waals surface area contributed by atoms with E-state index in [0.717, 1.165) is 66.3 Å². The summed E-state index contributed by atoms with van der Waals surface area (Å²) in [5.41, 5.74) is 3.73. The van der Waals surface area contributed by atoms with Gasteiger partial charge in [-0.25, -0.2) is 0 Å². The standard InChI is InChI=1S/C30H18N6.Pt/c1-3-13-23-19(9-1)21-11-5-7-15-25(21)35-29(23)31-27(33-35)17-18-28-32-30-24-14-4-2-10-20(24)22-12-6-8-16-26(22)36(30)34-28;/h1-12,15-16H,17-18H2;/q-2;+2. The monoisotopic (exact) mass is 657 g/mol. The van der Waals surface area contributed by atoms with E-state index in [4.69, 9.17) is 20.2 Å². The molecular weight excluding hydrogens is 639 g/mol. The zero-order valence-electron chi connectivity index (χ0n) is 19.5. The molecule has 4 aromatic heterocycles. The Morgan fingerprint density at radius 1 is 0.541 bits per heavy atom. The van der Waals surface area contributed by atoms with Crippen LogP contribution in [0.3, 0.4) is 0 Å². The number of aryl methyl sites for hydroxylation is 2. The number of aromatic nitrogens is 6. The number of rotatable bonds is 3. The second-order valence-corrected chi connectivity index (χ2v) is 8.98. The molecule has 8 rings (SSSR count). The maximum Gasteiger partial charge on any atom is 2.00 e. The number of hydrogen-bond donors (Lipinski definition) is 0. The van der Waals surface area contributed by atoms with Crippen molar-refractivity contribution in [2.24, 2.45) is 0 Å². The minimum Gasteiger partial charge on any atom is -0.262 e. The van der Waals surface area contributed by atoms with Crippen molar-refractivity contribution in [1.29, 1.82) is 0 Å². The molecular formula is C30H18N6Pt. The minimum absolute atomic E-state index is 0. The van der Waals surface area contributed by atoms with E-state index in [-0.39, 0.29) is 21.1 Å². The molecule has 7 heteroatoms. The van der Waals surface area contributed by atoms with Gasteiger partial charge in [-0.3, -0.25) is 19.0 Å². The Kier molecular flexibility index (Phi) is 5.05. The molecule has 0 unspecified atom stereocenters. The molecule has 178 valence electrons. The molecule has 0 aliphatic heterocycles. The van der Waals surface area contributed by atoms with Gasteiger partial charge in [0.15, 0.2) is 0 Å². The molecule has 37 heavy (non-hydrogen) atoms. The van der Waals surface area contributed by atoms with E-state index in [1.165, 1.54) is 0 Å². The largest absolute Gasteiger partial charge is 2.00 e. The van der Waals surface area contributed by atoms with Crippen LogP contribution in [-0.4, -0.2) is 29.2 Å². The Morgan fingerprint density at radius 3 is 1.46 bits per heavy atom. The SMILES string of the molecule is [Pt+2].[c-]1cccc2c1c1nc(CCc3nc4c5[c-]cccc5c5ccccc5n4n3)nn1c1ccccc21. The molecule has 0 atom stereocenters. The van der Waals surface area contributed by atoms with Gasteiger partial charge in [-0.15, -0.1) is 48.5 Å². The van der Waals surface area contributed by atoms with Gasteiger partial charge < -0.3 is 0 Å². The summed E-state index contributed by atoms with van der Waals surface area (Å²) >= 11 is 0. The van der Waals surface area contributed by atoms with Gasteiger partial charge in [0.05, 0.1) is 22.3 Å². The van der Waals surface area contributed by atoms with E-state index in [1.54, 1.807) is 0 Å². The third-order valence-corrected chi connectivity index (χ3v) is 6.88. The fourth-order valence-corrected chi connectivity index (χ4v) is 5.27. The maximum absolute atomic E-state index is 4.91. The number of nitrogens with zero attached hydrogens (tertiary/aromatic N) is 6. The van der Waals surface area contributed by atoms with Gasteiger partial charge in [0.25, 0.3) is 0 Å². The molecule has 0 aliphatic rings. The summed E-state index contributed by atoms with van der Waals surface area (Å²) in [4.78, 5) is 9.82. The van der Waals surface area contributed by atoms with Gasteiger partial charge in [-0.2, -0.15) is 10.2 Å². The average molecular weight is 658 g/mol. The fraction of sp³-hybridized carbons (Fsp3) is 0.0667. The first kappa shape index (κ1) is 22.1. The van der Waals surface area contributed by atoms with Crippen LogP contribution in [0.15, 0.2) is 84.9 Å². The zero-order chi connectivity index (χ0) is 23.6. The van der Waals surface area contributed by atoms with Crippen LogP contribution in [0.5, 0.6) is 0 Å².